The Morgan fingerprint density at radius 3 is 3.00 bits per heavy atom. The van der Waals surface area contributed by atoms with Crippen molar-refractivity contribution in [2.75, 3.05) is 18.4 Å². The van der Waals surface area contributed by atoms with Crippen LogP contribution in [0.3, 0.4) is 0 Å². The van der Waals surface area contributed by atoms with Crippen LogP contribution in [-0.4, -0.2) is 19.0 Å². The molecule has 18 heavy (non-hydrogen) atoms. The summed E-state index contributed by atoms with van der Waals surface area (Å²) in [4.78, 5) is 12.0. The van der Waals surface area contributed by atoms with E-state index in [1.807, 2.05) is 18.2 Å². The number of nitrogens with one attached hydrogen (secondary N) is 2. The number of aryl methyl sites for hydroxylation is 1. The van der Waals surface area contributed by atoms with Crippen LogP contribution in [-0.2, 0) is 11.2 Å². The SMILES string of the molecule is CCc1cccc(NC(=O)[C@@H]2CCCNC2)c1.Cl. The summed E-state index contributed by atoms with van der Waals surface area (Å²) < 4.78 is 0. The minimum absolute atomic E-state index is 0. The highest BCUT2D eigenvalue weighted by Crippen LogP contribution is 2.15. The highest BCUT2D eigenvalue weighted by molar-refractivity contribution is 5.92. The number of rotatable bonds is 3. The van der Waals surface area contributed by atoms with Crippen LogP contribution >= 0.6 is 12.4 Å². The first kappa shape index (κ1) is 15.0. The van der Waals surface area contributed by atoms with Crippen LogP contribution in [0, 0.1) is 5.92 Å². The Bertz CT molecular complexity index is 389. The van der Waals surface area contributed by atoms with Crippen LogP contribution in [0.5, 0.6) is 0 Å². The molecule has 0 aliphatic carbocycles. The zero-order valence-electron chi connectivity index (χ0n) is 10.7. The molecule has 0 bridgehead atoms. The van der Waals surface area contributed by atoms with Gasteiger partial charge in [0.1, 0.15) is 0 Å². The third-order valence-corrected chi connectivity index (χ3v) is 3.27. The van der Waals surface area contributed by atoms with Crippen molar-refractivity contribution in [3.05, 3.63) is 29.8 Å². The van der Waals surface area contributed by atoms with E-state index in [1.54, 1.807) is 0 Å². The fourth-order valence-corrected chi connectivity index (χ4v) is 2.19. The smallest absolute Gasteiger partial charge is 0.228 e. The number of halogens is 1. The molecule has 0 unspecified atom stereocenters. The Morgan fingerprint density at radius 1 is 1.50 bits per heavy atom. The predicted octanol–water partition coefficient (Wildman–Crippen LogP) is 2.61. The molecule has 0 saturated carbocycles. The number of carbonyl (C=O) groups is 1. The topological polar surface area (TPSA) is 41.1 Å². The molecule has 1 atom stereocenters. The average Bonchev–Trinajstić information content (AvgIpc) is 2.40. The zero-order valence-corrected chi connectivity index (χ0v) is 11.6. The van der Waals surface area contributed by atoms with Crippen molar-refractivity contribution in [3.63, 3.8) is 0 Å². The summed E-state index contributed by atoms with van der Waals surface area (Å²) in [5, 5.41) is 6.27. The number of piperidine rings is 1. The number of carbonyl (C=O) groups excluding carboxylic acids is 1. The van der Waals surface area contributed by atoms with E-state index in [4.69, 9.17) is 0 Å². The molecular weight excluding hydrogens is 248 g/mol. The van der Waals surface area contributed by atoms with Gasteiger partial charge in [0, 0.05) is 12.2 Å². The first-order chi connectivity index (χ1) is 8.29. The van der Waals surface area contributed by atoms with Gasteiger partial charge in [-0.1, -0.05) is 19.1 Å². The molecule has 4 heteroatoms. The van der Waals surface area contributed by atoms with E-state index in [2.05, 4.69) is 23.6 Å². The molecule has 0 spiro atoms. The molecule has 1 aliphatic rings. The van der Waals surface area contributed by atoms with Gasteiger partial charge in [-0.15, -0.1) is 12.4 Å². The van der Waals surface area contributed by atoms with E-state index < -0.39 is 0 Å². The minimum Gasteiger partial charge on any atom is -0.326 e. The molecule has 1 amide bonds. The number of amides is 1. The lowest BCUT2D eigenvalue weighted by Gasteiger charge is -2.22. The van der Waals surface area contributed by atoms with E-state index in [9.17, 15) is 4.79 Å². The van der Waals surface area contributed by atoms with Crippen molar-refractivity contribution in [1.82, 2.24) is 5.32 Å². The lowest BCUT2D eigenvalue weighted by molar-refractivity contribution is -0.120. The van der Waals surface area contributed by atoms with Crippen molar-refractivity contribution in [1.29, 1.82) is 0 Å². The summed E-state index contributed by atoms with van der Waals surface area (Å²) in [6.07, 6.45) is 3.08. The first-order valence-corrected chi connectivity index (χ1v) is 6.40. The van der Waals surface area contributed by atoms with E-state index in [0.29, 0.717) is 0 Å². The monoisotopic (exact) mass is 268 g/mol. The highest BCUT2D eigenvalue weighted by atomic mass is 35.5. The van der Waals surface area contributed by atoms with Crippen molar-refractivity contribution in [3.8, 4) is 0 Å². The van der Waals surface area contributed by atoms with Crippen LogP contribution < -0.4 is 10.6 Å². The van der Waals surface area contributed by atoms with Gasteiger partial charge in [0.25, 0.3) is 0 Å². The van der Waals surface area contributed by atoms with Crippen LogP contribution in [0.25, 0.3) is 0 Å². The van der Waals surface area contributed by atoms with Crippen molar-refractivity contribution >= 4 is 24.0 Å². The summed E-state index contributed by atoms with van der Waals surface area (Å²) >= 11 is 0. The molecular formula is C14H21ClN2O. The quantitative estimate of drug-likeness (QED) is 0.885. The second-order valence-corrected chi connectivity index (χ2v) is 4.59. The maximum Gasteiger partial charge on any atom is 0.228 e. The standard InChI is InChI=1S/C14H20N2O.ClH/c1-2-11-5-3-7-13(9-11)16-14(17)12-6-4-8-15-10-12;/h3,5,7,9,12,15H,2,4,6,8,10H2,1H3,(H,16,17);1H/t12-;/m1./s1. The molecule has 0 aromatic heterocycles. The number of hydrogen-bond donors (Lipinski definition) is 2. The zero-order chi connectivity index (χ0) is 12.1. The van der Waals surface area contributed by atoms with E-state index >= 15 is 0 Å². The van der Waals surface area contributed by atoms with Crippen molar-refractivity contribution in [2.45, 2.75) is 26.2 Å². The van der Waals surface area contributed by atoms with Gasteiger partial charge in [-0.2, -0.15) is 0 Å². The summed E-state index contributed by atoms with van der Waals surface area (Å²) in [6.45, 7) is 3.96. The first-order valence-electron chi connectivity index (χ1n) is 6.40. The molecule has 1 fully saturated rings. The lowest BCUT2D eigenvalue weighted by atomic mass is 9.98. The molecule has 2 N–H and O–H groups in total. The number of anilines is 1. The molecule has 100 valence electrons. The Kier molecular flexibility index (Phi) is 6.16. The van der Waals surface area contributed by atoms with E-state index in [0.717, 1.165) is 38.0 Å². The van der Waals surface area contributed by atoms with E-state index in [-0.39, 0.29) is 24.2 Å². The molecule has 1 heterocycles. The van der Waals surface area contributed by atoms with Gasteiger partial charge >= 0.3 is 0 Å². The van der Waals surface area contributed by atoms with Gasteiger partial charge in [-0.25, -0.2) is 0 Å². The summed E-state index contributed by atoms with van der Waals surface area (Å²) in [5.41, 5.74) is 2.17. The molecule has 3 nitrogen and oxygen atoms in total. The molecule has 1 aliphatic heterocycles. The van der Waals surface area contributed by atoms with Crippen LogP contribution in [0.4, 0.5) is 5.69 Å². The van der Waals surface area contributed by atoms with Crippen molar-refractivity contribution in [2.24, 2.45) is 5.92 Å². The van der Waals surface area contributed by atoms with Gasteiger partial charge in [0.05, 0.1) is 5.92 Å². The average molecular weight is 269 g/mol. The van der Waals surface area contributed by atoms with Gasteiger partial charge in [0.2, 0.25) is 5.91 Å². The maximum absolute atomic E-state index is 12.0. The van der Waals surface area contributed by atoms with Gasteiger partial charge in [-0.3, -0.25) is 4.79 Å². The third-order valence-electron chi connectivity index (χ3n) is 3.27. The van der Waals surface area contributed by atoms with Crippen molar-refractivity contribution < 1.29 is 4.79 Å². The summed E-state index contributed by atoms with van der Waals surface area (Å²) in [5.74, 6) is 0.263. The molecule has 1 aromatic rings. The molecule has 0 radical (unpaired) electrons. The van der Waals surface area contributed by atoms with Crippen LogP contribution in [0.15, 0.2) is 24.3 Å². The Hall–Kier alpha value is -1.06. The number of hydrogen-bond acceptors (Lipinski definition) is 2. The lowest BCUT2D eigenvalue weighted by Crippen LogP contribution is -2.37. The van der Waals surface area contributed by atoms with Crippen LogP contribution in [0.1, 0.15) is 25.3 Å². The highest BCUT2D eigenvalue weighted by Gasteiger charge is 2.20. The Labute approximate surface area is 115 Å². The molecule has 1 saturated heterocycles. The molecule has 2 rings (SSSR count). The largest absolute Gasteiger partial charge is 0.326 e. The Morgan fingerprint density at radius 2 is 2.33 bits per heavy atom. The summed E-state index contributed by atoms with van der Waals surface area (Å²) in [6, 6.07) is 8.08. The predicted molar refractivity (Wildman–Crippen MR) is 77.3 cm³/mol. The maximum atomic E-state index is 12.0. The normalized spacial score (nSPS) is 18.8. The number of benzene rings is 1. The Balaban J connectivity index is 0.00000162. The fourth-order valence-electron chi connectivity index (χ4n) is 2.19. The third kappa shape index (κ3) is 4.00. The van der Waals surface area contributed by atoms with Gasteiger partial charge in [-0.05, 0) is 43.5 Å². The second-order valence-electron chi connectivity index (χ2n) is 4.59. The van der Waals surface area contributed by atoms with Gasteiger partial charge in [0.15, 0.2) is 0 Å². The van der Waals surface area contributed by atoms with Crippen LogP contribution in [0.2, 0.25) is 0 Å². The van der Waals surface area contributed by atoms with Gasteiger partial charge < -0.3 is 10.6 Å². The summed E-state index contributed by atoms with van der Waals surface area (Å²) in [7, 11) is 0. The fraction of sp³-hybridized carbons (Fsp3) is 0.500. The van der Waals surface area contributed by atoms with E-state index in [1.165, 1.54) is 5.56 Å². The molecule has 1 aromatic carbocycles. The minimum atomic E-state index is 0. The second kappa shape index (κ2) is 7.39.